The van der Waals surface area contributed by atoms with E-state index in [0.29, 0.717) is 29.8 Å². The number of rotatable bonds is 5. The molecule has 2 aromatic carbocycles. The minimum Gasteiger partial charge on any atom is -0.454 e. The Labute approximate surface area is 170 Å². The lowest BCUT2D eigenvalue weighted by atomic mass is 9.90. The van der Waals surface area contributed by atoms with Crippen LogP contribution in [0.2, 0.25) is 0 Å². The van der Waals surface area contributed by atoms with Gasteiger partial charge in [0.05, 0.1) is 17.5 Å². The third-order valence-electron chi connectivity index (χ3n) is 5.57. The summed E-state index contributed by atoms with van der Waals surface area (Å²) in [6.45, 7) is 0.0314. The molecular formula is C22H23NO5S. The van der Waals surface area contributed by atoms with Gasteiger partial charge in [0.2, 0.25) is 10.0 Å². The van der Waals surface area contributed by atoms with Gasteiger partial charge >= 0.3 is 5.97 Å². The van der Waals surface area contributed by atoms with Gasteiger partial charge in [-0.1, -0.05) is 6.07 Å². The molecule has 0 radical (unpaired) electrons. The monoisotopic (exact) mass is 413 g/mol. The number of Topliss-reactive ketones (excluding diaryl/α,β-unsaturated/α-hetero) is 1. The molecule has 6 nitrogen and oxygen atoms in total. The lowest BCUT2D eigenvalue weighted by Crippen LogP contribution is -2.27. The number of carbonyl (C=O) groups excluding carboxylic acids is 2. The highest BCUT2D eigenvalue weighted by Gasteiger charge is 2.27. The number of anilines is 1. The first-order valence-corrected chi connectivity index (χ1v) is 11.6. The van der Waals surface area contributed by atoms with E-state index in [1.54, 1.807) is 24.3 Å². The minimum atomic E-state index is -3.33. The van der Waals surface area contributed by atoms with Crippen LogP contribution in [0.15, 0.2) is 36.4 Å². The van der Waals surface area contributed by atoms with Crippen LogP contribution < -0.4 is 4.31 Å². The molecule has 0 spiro atoms. The Hall–Kier alpha value is -2.67. The zero-order valence-corrected chi connectivity index (χ0v) is 17.1. The van der Waals surface area contributed by atoms with Crippen molar-refractivity contribution < 1.29 is 22.7 Å². The number of esters is 1. The maximum Gasteiger partial charge on any atom is 0.338 e. The smallest absolute Gasteiger partial charge is 0.338 e. The Morgan fingerprint density at radius 1 is 0.931 bits per heavy atom. The molecule has 152 valence electrons. The van der Waals surface area contributed by atoms with E-state index in [2.05, 4.69) is 0 Å². The Morgan fingerprint density at radius 2 is 1.62 bits per heavy atom. The van der Waals surface area contributed by atoms with Crippen LogP contribution in [-0.4, -0.2) is 39.6 Å². The maximum absolute atomic E-state index is 12.5. The van der Waals surface area contributed by atoms with Crippen molar-refractivity contribution in [3.05, 3.63) is 64.2 Å². The number of aryl methyl sites for hydroxylation is 2. The average molecular weight is 413 g/mol. The van der Waals surface area contributed by atoms with Gasteiger partial charge < -0.3 is 4.74 Å². The molecular weight excluding hydrogens is 390 g/mol. The maximum atomic E-state index is 12.5. The van der Waals surface area contributed by atoms with Crippen LogP contribution in [0.3, 0.4) is 0 Å². The molecule has 4 rings (SSSR count). The molecule has 7 heteroatoms. The Morgan fingerprint density at radius 3 is 2.38 bits per heavy atom. The standard InChI is InChI=1S/C22H23NO5S/c1-29(26,27)23-11-10-17-13-18(8-9-20(17)23)21(24)14-28-22(25)19-7-6-15-4-2-3-5-16(15)12-19/h6-9,12-13H,2-5,10-11,14H2,1H3. The van der Waals surface area contributed by atoms with E-state index in [9.17, 15) is 18.0 Å². The molecule has 0 aromatic heterocycles. The second-order valence-electron chi connectivity index (χ2n) is 7.62. The third-order valence-corrected chi connectivity index (χ3v) is 6.75. The number of ketones is 1. The summed E-state index contributed by atoms with van der Waals surface area (Å²) >= 11 is 0. The van der Waals surface area contributed by atoms with Crippen molar-refractivity contribution in [3.8, 4) is 0 Å². The molecule has 1 aliphatic heterocycles. The zero-order chi connectivity index (χ0) is 20.6. The second kappa shape index (κ2) is 7.63. The molecule has 0 saturated carbocycles. The van der Waals surface area contributed by atoms with E-state index >= 15 is 0 Å². The quantitative estimate of drug-likeness (QED) is 0.556. The summed E-state index contributed by atoms with van der Waals surface area (Å²) in [6, 6.07) is 10.5. The molecule has 1 aliphatic carbocycles. The van der Waals surface area contributed by atoms with E-state index < -0.39 is 16.0 Å². The van der Waals surface area contributed by atoms with Gasteiger partial charge in [0.15, 0.2) is 12.4 Å². The molecule has 2 aliphatic rings. The summed E-state index contributed by atoms with van der Waals surface area (Å²) in [4.78, 5) is 24.8. The van der Waals surface area contributed by atoms with Crippen molar-refractivity contribution in [2.45, 2.75) is 32.1 Å². The van der Waals surface area contributed by atoms with E-state index in [1.807, 2.05) is 12.1 Å². The molecule has 1 heterocycles. The molecule has 29 heavy (non-hydrogen) atoms. The largest absolute Gasteiger partial charge is 0.454 e. The minimum absolute atomic E-state index is 0.308. The predicted molar refractivity (Wildman–Crippen MR) is 110 cm³/mol. The van der Waals surface area contributed by atoms with Gasteiger partial charge in [-0.15, -0.1) is 0 Å². The van der Waals surface area contributed by atoms with Crippen LogP contribution >= 0.6 is 0 Å². The molecule has 2 aromatic rings. The molecule has 0 saturated heterocycles. The van der Waals surface area contributed by atoms with Crippen molar-refractivity contribution in [2.24, 2.45) is 0 Å². The predicted octanol–water partition coefficient (Wildman–Crippen LogP) is 2.93. The molecule has 0 bridgehead atoms. The van der Waals surface area contributed by atoms with Crippen molar-refractivity contribution in [1.29, 1.82) is 0 Å². The summed E-state index contributed by atoms with van der Waals surface area (Å²) in [5, 5.41) is 0. The first kappa shape index (κ1) is 19.6. The van der Waals surface area contributed by atoms with Crippen LogP contribution in [0, 0.1) is 0 Å². The number of sulfonamides is 1. The van der Waals surface area contributed by atoms with Gasteiger partial charge in [-0.05, 0) is 79.1 Å². The lowest BCUT2D eigenvalue weighted by Gasteiger charge is -2.16. The number of fused-ring (bicyclic) bond motifs is 2. The van der Waals surface area contributed by atoms with E-state index in [0.717, 1.165) is 24.8 Å². The fourth-order valence-corrected chi connectivity index (χ4v) is 5.01. The summed E-state index contributed by atoms with van der Waals surface area (Å²) in [5.74, 6) is -0.812. The molecule has 0 fully saturated rings. The number of nitrogens with zero attached hydrogens (tertiary/aromatic N) is 1. The highest BCUT2D eigenvalue weighted by molar-refractivity contribution is 7.92. The Bertz CT molecular complexity index is 1090. The summed E-state index contributed by atoms with van der Waals surface area (Å²) in [5.41, 5.74) is 4.77. The number of hydrogen-bond donors (Lipinski definition) is 0. The fourth-order valence-electron chi connectivity index (χ4n) is 4.05. The lowest BCUT2D eigenvalue weighted by molar-refractivity contribution is 0.0474. The number of benzene rings is 2. The van der Waals surface area contributed by atoms with Crippen molar-refractivity contribution in [3.63, 3.8) is 0 Å². The van der Waals surface area contributed by atoms with Crippen LogP contribution in [0.5, 0.6) is 0 Å². The van der Waals surface area contributed by atoms with E-state index in [-0.39, 0.29) is 12.4 Å². The molecule has 0 amide bonds. The average Bonchev–Trinajstić information content (AvgIpc) is 3.15. The number of ether oxygens (including phenoxy) is 1. The third kappa shape index (κ3) is 4.05. The summed E-state index contributed by atoms with van der Waals surface area (Å²) < 4.78 is 30.2. The highest BCUT2D eigenvalue weighted by atomic mass is 32.2. The highest BCUT2D eigenvalue weighted by Crippen LogP contribution is 2.31. The van der Waals surface area contributed by atoms with Crippen molar-refractivity contribution in [2.75, 3.05) is 23.7 Å². The topological polar surface area (TPSA) is 80.8 Å². The van der Waals surface area contributed by atoms with Gasteiger partial charge in [0, 0.05) is 12.1 Å². The second-order valence-corrected chi connectivity index (χ2v) is 9.53. The van der Waals surface area contributed by atoms with E-state index in [4.69, 9.17) is 4.74 Å². The molecule has 0 unspecified atom stereocenters. The van der Waals surface area contributed by atoms with E-state index in [1.165, 1.54) is 28.1 Å². The Balaban J connectivity index is 1.42. The number of carbonyl (C=O) groups is 2. The normalized spacial score (nSPS) is 15.6. The van der Waals surface area contributed by atoms with Gasteiger partial charge in [-0.3, -0.25) is 9.10 Å². The van der Waals surface area contributed by atoms with Crippen molar-refractivity contribution in [1.82, 2.24) is 0 Å². The van der Waals surface area contributed by atoms with Gasteiger partial charge in [-0.2, -0.15) is 0 Å². The van der Waals surface area contributed by atoms with Gasteiger partial charge in [-0.25, -0.2) is 13.2 Å². The summed E-state index contributed by atoms with van der Waals surface area (Å²) in [6.07, 6.45) is 6.03. The van der Waals surface area contributed by atoms with Crippen LogP contribution in [0.25, 0.3) is 0 Å². The SMILES string of the molecule is CS(=O)(=O)N1CCc2cc(C(=O)COC(=O)c3ccc4c(c3)CCCC4)ccc21. The first-order chi connectivity index (χ1) is 13.8. The van der Waals surface area contributed by atoms with Crippen LogP contribution in [0.4, 0.5) is 5.69 Å². The van der Waals surface area contributed by atoms with Gasteiger partial charge in [0.1, 0.15) is 0 Å². The number of hydrogen-bond acceptors (Lipinski definition) is 5. The zero-order valence-electron chi connectivity index (χ0n) is 16.3. The molecule has 0 atom stereocenters. The first-order valence-electron chi connectivity index (χ1n) is 9.76. The summed E-state index contributed by atoms with van der Waals surface area (Å²) in [7, 11) is -3.33. The van der Waals surface area contributed by atoms with Crippen LogP contribution in [-0.2, 0) is 34.0 Å². The fraction of sp³-hybridized carbons (Fsp3) is 0.364. The Kier molecular flexibility index (Phi) is 5.17. The van der Waals surface area contributed by atoms with Gasteiger partial charge in [0.25, 0.3) is 0 Å². The molecule has 0 N–H and O–H groups in total. The van der Waals surface area contributed by atoms with Crippen molar-refractivity contribution >= 4 is 27.5 Å². The van der Waals surface area contributed by atoms with Crippen LogP contribution in [0.1, 0.15) is 50.2 Å².